The van der Waals surface area contributed by atoms with Crippen LogP contribution in [0.25, 0.3) is 12.2 Å². The van der Waals surface area contributed by atoms with E-state index in [9.17, 15) is 0 Å². The van der Waals surface area contributed by atoms with Crippen LogP contribution in [-0.2, 0) is 6.42 Å². The zero-order chi connectivity index (χ0) is 14.1. The Bertz CT molecular complexity index is 474. The van der Waals surface area contributed by atoms with E-state index in [4.69, 9.17) is 0 Å². The van der Waals surface area contributed by atoms with Gasteiger partial charge in [-0.3, -0.25) is 0 Å². The minimum atomic E-state index is 1.04. The van der Waals surface area contributed by atoms with Crippen LogP contribution in [0.1, 0.15) is 49.9 Å². The van der Waals surface area contributed by atoms with Crippen LogP contribution in [-0.4, -0.2) is 0 Å². The van der Waals surface area contributed by atoms with Crippen molar-refractivity contribution in [1.29, 1.82) is 0 Å². The van der Waals surface area contributed by atoms with E-state index in [1.807, 2.05) is 27.7 Å². The maximum absolute atomic E-state index is 2.21. The molecule has 0 aliphatic heterocycles. The van der Waals surface area contributed by atoms with Crippen LogP contribution >= 0.6 is 0 Å². The molecule has 0 heterocycles. The van der Waals surface area contributed by atoms with Crippen LogP contribution in [0.15, 0.2) is 48.5 Å². The standard InChI is InChI=1S/C15H12.2C2H6/c1-3-7-14-11-15-8-4-2-6-13(15)10-9-12(14)5-1;2*1-2/h1-10H,11H2;2*1-2H3. The summed E-state index contributed by atoms with van der Waals surface area (Å²) < 4.78 is 0. The van der Waals surface area contributed by atoms with Crippen molar-refractivity contribution in [2.24, 2.45) is 0 Å². The highest BCUT2D eigenvalue weighted by molar-refractivity contribution is 5.75. The zero-order valence-corrected chi connectivity index (χ0v) is 12.5. The summed E-state index contributed by atoms with van der Waals surface area (Å²) in [5.74, 6) is 0. The lowest BCUT2D eigenvalue weighted by Gasteiger charge is -2.04. The van der Waals surface area contributed by atoms with Crippen molar-refractivity contribution in [3.63, 3.8) is 0 Å². The van der Waals surface area contributed by atoms with E-state index < -0.39 is 0 Å². The van der Waals surface area contributed by atoms with Crippen molar-refractivity contribution in [2.75, 3.05) is 0 Å². The van der Waals surface area contributed by atoms with E-state index in [0.29, 0.717) is 0 Å². The molecule has 100 valence electrons. The molecule has 0 fully saturated rings. The van der Waals surface area contributed by atoms with Crippen LogP contribution in [0, 0.1) is 0 Å². The molecule has 2 aromatic rings. The quantitative estimate of drug-likeness (QED) is 0.473. The third kappa shape index (κ3) is 3.82. The molecule has 0 heteroatoms. The molecule has 0 spiro atoms. The smallest absolute Gasteiger partial charge is 0.00139 e. The topological polar surface area (TPSA) is 0 Å². The molecule has 1 aliphatic rings. The molecule has 0 saturated carbocycles. The molecule has 0 atom stereocenters. The second kappa shape index (κ2) is 8.31. The molecular weight excluding hydrogens is 228 g/mol. The highest BCUT2D eigenvalue weighted by Crippen LogP contribution is 2.24. The fraction of sp³-hybridized carbons (Fsp3) is 0.263. The van der Waals surface area contributed by atoms with Gasteiger partial charge < -0.3 is 0 Å². The van der Waals surface area contributed by atoms with Crippen LogP contribution < -0.4 is 0 Å². The van der Waals surface area contributed by atoms with Crippen LogP contribution in [0.2, 0.25) is 0 Å². The first-order valence-electron chi connectivity index (χ1n) is 7.27. The summed E-state index contributed by atoms with van der Waals surface area (Å²) in [6.45, 7) is 8.00. The molecule has 2 aromatic carbocycles. The Morgan fingerprint density at radius 2 is 0.947 bits per heavy atom. The summed E-state index contributed by atoms with van der Waals surface area (Å²) in [6, 6.07) is 17.2. The number of hydrogen-bond donors (Lipinski definition) is 0. The second-order valence-electron chi connectivity index (χ2n) is 3.91. The Kier molecular flexibility index (Phi) is 6.67. The SMILES string of the molecule is C1=Cc2ccccc2Cc2ccccc21.CC.CC. The molecule has 0 nitrogen and oxygen atoms in total. The summed E-state index contributed by atoms with van der Waals surface area (Å²) in [4.78, 5) is 0. The van der Waals surface area contributed by atoms with Crippen molar-refractivity contribution < 1.29 is 0 Å². The Hall–Kier alpha value is -1.82. The fourth-order valence-corrected chi connectivity index (χ4v) is 2.10. The number of benzene rings is 2. The predicted octanol–water partition coefficient (Wildman–Crippen LogP) is 5.81. The minimum Gasteiger partial charge on any atom is -0.0683 e. The van der Waals surface area contributed by atoms with Crippen molar-refractivity contribution in [1.82, 2.24) is 0 Å². The first-order valence-corrected chi connectivity index (χ1v) is 7.27. The molecule has 0 bridgehead atoms. The summed E-state index contributed by atoms with van der Waals surface area (Å²) in [7, 11) is 0. The summed E-state index contributed by atoms with van der Waals surface area (Å²) in [5.41, 5.74) is 5.51. The highest BCUT2D eigenvalue weighted by Gasteiger charge is 2.06. The minimum absolute atomic E-state index is 1.04. The normalized spacial score (nSPS) is 10.7. The van der Waals surface area contributed by atoms with Gasteiger partial charge in [0.2, 0.25) is 0 Å². The predicted molar refractivity (Wildman–Crippen MR) is 87.3 cm³/mol. The molecule has 0 unspecified atom stereocenters. The molecule has 19 heavy (non-hydrogen) atoms. The lowest BCUT2D eigenvalue weighted by molar-refractivity contribution is 1.18. The Morgan fingerprint density at radius 1 is 0.579 bits per heavy atom. The number of fused-ring (bicyclic) bond motifs is 2. The first-order chi connectivity index (χ1) is 9.43. The van der Waals surface area contributed by atoms with E-state index in [0.717, 1.165) is 6.42 Å². The van der Waals surface area contributed by atoms with Crippen molar-refractivity contribution in [2.45, 2.75) is 34.1 Å². The van der Waals surface area contributed by atoms with E-state index in [1.54, 1.807) is 0 Å². The fourth-order valence-electron chi connectivity index (χ4n) is 2.10. The van der Waals surface area contributed by atoms with Crippen LogP contribution in [0.5, 0.6) is 0 Å². The van der Waals surface area contributed by atoms with E-state index in [1.165, 1.54) is 22.3 Å². The zero-order valence-electron chi connectivity index (χ0n) is 12.5. The molecular formula is C19H24. The molecule has 1 aliphatic carbocycles. The van der Waals surface area contributed by atoms with Gasteiger partial charge in [-0.15, -0.1) is 0 Å². The number of hydrogen-bond acceptors (Lipinski definition) is 0. The summed E-state index contributed by atoms with van der Waals surface area (Å²) in [5, 5.41) is 0. The van der Waals surface area contributed by atoms with Crippen molar-refractivity contribution in [3.05, 3.63) is 70.8 Å². The molecule has 3 rings (SSSR count). The average molecular weight is 252 g/mol. The molecule has 0 amide bonds. The lowest BCUT2D eigenvalue weighted by atomic mass is 10.0. The van der Waals surface area contributed by atoms with Gasteiger partial charge in [-0.1, -0.05) is 88.4 Å². The van der Waals surface area contributed by atoms with Gasteiger partial charge in [-0.2, -0.15) is 0 Å². The summed E-state index contributed by atoms with van der Waals surface area (Å²) >= 11 is 0. The Balaban J connectivity index is 0.000000415. The van der Waals surface area contributed by atoms with Crippen LogP contribution in [0.3, 0.4) is 0 Å². The van der Waals surface area contributed by atoms with Gasteiger partial charge in [-0.05, 0) is 28.7 Å². The monoisotopic (exact) mass is 252 g/mol. The van der Waals surface area contributed by atoms with Crippen LogP contribution in [0.4, 0.5) is 0 Å². The maximum atomic E-state index is 2.21. The van der Waals surface area contributed by atoms with Gasteiger partial charge in [0, 0.05) is 0 Å². The summed E-state index contributed by atoms with van der Waals surface area (Å²) in [6.07, 6.45) is 5.46. The largest absolute Gasteiger partial charge is 0.0683 e. The van der Waals surface area contributed by atoms with Gasteiger partial charge in [0.1, 0.15) is 0 Å². The second-order valence-corrected chi connectivity index (χ2v) is 3.91. The van der Waals surface area contributed by atoms with Gasteiger partial charge in [0.15, 0.2) is 0 Å². The van der Waals surface area contributed by atoms with Gasteiger partial charge in [0.25, 0.3) is 0 Å². The molecule has 0 radical (unpaired) electrons. The first kappa shape index (κ1) is 15.2. The van der Waals surface area contributed by atoms with Gasteiger partial charge >= 0.3 is 0 Å². The molecule has 0 aromatic heterocycles. The van der Waals surface area contributed by atoms with Gasteiger partial charge in [-0.25, -0.2) is 0 Å². The highest BCUT2D eigenvalue weighted by atomic mass is 14.1. The lowest BCUT2D eigenvalue weighted by Crippen LogP contribution is -1.90. The third-order valence-corrected chi connectivity index (χ3v) is 2.93. The third-order valence-electron chi connectivity index (χ3n) is 2.93. The number of rotatable bonds is 0. The molecule has 0 saturated heterocycles. The van der Waals surface area contributed by atoms with Crippen molar-refractivity contribution >= 4 is 12.2 Å². The van der Waals surface area contributed by atoms with E-state index in [2.05, 4.69) is 60.7 Å². The van der Waals surface area contributed by atoms with Gasteiger partial charge in [0.05, 0.1) is 0 Å². The molecule has 0 N–H and O–H groups in total. The Morgan fingerprint density at radius 3 is 1.37 bits per heavy atom. The average Bonchev–Trinajstić information content (AvgIpc) is 2.70. The van der Waals surface area contributed by atoms with Crippen molar-refractivity contribution in [3.8, 4) is 0 Å². The van der Waals surface area contributed by atoms with E-state index in [-0.39, 0.29) is 0 Å². The van der Waals surface area contributed by atoms with E-state index >= 15 is 0 Å². The maximum Gasteiger partial charge on any atom is -0.00139 e. The Labute approximate surface area is 117 Å².